The Morgan fingerprint density at radius 1 is 1.14 bits per heavy atom. The van der Waals surface area contributed by atoms with Crippen molar-refractivity contribution in [3.8, 4) is 0 Å². The van der Waals surface area contributed by atoms with E-state index in [1.54, 1.807) is 0 Å². The van der Waals surface area contributed by atoms with Gasteiger partial charge in [-0.1, -0.05) is 31.7 Å². The van der Waals surface area contributed by atoms with Crippen molar-refractivity contribution in [1.29, 1.82) is 0 Å². The fourth-order valence-corrected chi connectivity index (χ4v) is 2.87. The molecule has 0 bridgehead atoms. The summed E-state index contributed by atoms with van der Waals surface area (Å²) in [6, 6.07) is 2.98. The summed E-state index contributed by atoms with van der Waals surface area (Å²) in [5, 5.41) is 12.0. The number of halogens is 2. The molecule has 2 rings (SSSR count). The second-order valence-corrected chi connectivity index (χ2v) is 5.76. The van der Waals surface area contributed by atoms with Crippen molar-refractivity contribution in [2.24, 2.45) is 0 Å². The Morgan fingerprint density at radius 2 is 1.77 bits per heavy atom. The van der Waals surface area contributed by atoms with Crippen LogP contribution in [0.1, 0.15) is 44.1 Å². The lowest BCUT2D eigenvalue weighted by Crippen LogP contribution is -2.54. The quantitative estimate of drug-likeness (QED) is 0.840. The Balaban J connectivity index is 2.09. The molecule has 0 radical (unpaired) electrons. The zero-order valence-electron chi connectivity index (χ0n) is 12.2. The van der Waals surface area contributed by atoms with E-state index in [0.29, 0.717) is 18.9 Å². The normalized spacial score (nSPS) is 17.5. The number of carboxylic acid groups (broad SMARTS) is 1. The van der Waals surface area contributed by atoms with Crippen LogP contribution in [0.15, 0.2) is 18.2 Å². The summed E-state index contributed by atoms with van der Waals surface area (Å²) >= 11 is 0. The molecular weight excluding hydrogens is 292 g/mol. The van der Waals surface area contributed by atoms with Gasteiger partial charge >= 0.3 is 5.97 Å². The molecule has 1 aliphatic rings. The Morgan fingerprint density at radius 3 is 2.32 bits per heavy atom. The molecule has 0 heterocycles. The predicted molar refractivity (Wildman–Crippen MR) is 76.3 cm³/mol. The average Bonchev–Trinajstić information content (AvgIpc) is 2.68. The highest BCUT2D eigenvalue weighted by atomic mass is 19.1. The maximum absolute atomic E-state index is 13.6. The van der Waals surface area contributed by atoms with Crippen LogP contribution in [-0.4, -0.2) is 22.5 Å². The Hall–Kier alpha value is -1.98. The fourth-order valence-electron chi connectivity index (χ4n) is 2.87. The van der Waals surface area contributed by atoms with Crippen LogP contribution in [0.2, 0.25) is 0 Å². The van der Waals surface area contributed by atoms with Crippen molar-refractivity contribution in [1.82, 2.24) is 5.32 Å². The van der Waals surface area contributed by atoms with E-state index in [1.807, 2.05) is 0 Å². The van der Waals surface area contributed by atoms with Crippen molar-refractivity contribution >= 4 is 11.9 Å². The standard InChI is InChI=1S/C16H19F2NO3/c17-12-6-5-11(13(18)10-12)9-14(20)19-16(15(21)22)7-3-1-2-4-8-16/h5-6,10H,1-4,7-9H2,(H,19,20)(H,21,22). The van der Waals surface area contributed by atoms with E-state index in [4.69, 9.17) is 0 Å². The lowest BCUT2D eigenvalue weighted by atomic mass is 9.90. The largest absolute Gasteiger partial charge is 0.480 e. The number of rotatable bonds is 4. The smallest absolute Gasteiger partial charge is 0.329 e. The van der Waals surface area contributed by atoms with Gasteiger partial charge in [-0.05, 0) is 24.5 Å². The molecule has 1 aliphatic carbocycles. The number of amides is 1. The Labute approximate surface area is 127 Å². The van der Waals surface area contributed by atoms with Gasteiger partial charge in [0.05, 0.1) is 6.42 Å². The molecule has 0 unspecified atom stereocenters. The summed E-state index contributed by atoms with van der Waals surface area (Å²) < 4.78 is 26.4. The molecule has 6 heteroatoms. The maximum Gasteiger partial charge on any atom is 0.329 e. The topological polar surface area (TPSA) is 66.4 Å². The van der Waals surface area contributed by atoms with Gasteiger partial charge in [0.1, 0.15) is 17.2 Å². The van der Waals surface area contributed by atoms with Gasteiger partial charge in [-0.25, -0.2) is 13.6 Å². The second-order valence-electron chi connectivity index (χ2n) is 5.76. The van der Waals surface area contributed by atoms with Gasteiger partial charge in [0.15, 0.2) is 0 Å². The number of carbonyl (C=O) groups is 2. The number of hydrogen-bond donors (Lipinski definition) is 2. The molecule has 0 spiro atoms. The van der Waals surface area contributed by atoms with Crippen LogP contribution in [0.3, 0.4) is 0 Å². The highest BCUT2D eigenvalue weighted by molar-refractivity contribution is 5.88. The SMILES string of the molecule is O=C(Cc1ccc(F)cc1F)NC1(C(=O)O)CCCCCC1. The highest BCUT2D eigenvalue weighted by Crippen LogP contribution is 2.27. The second kappa shape index (κ2) is 6.85. The number of hydrogen-bond acceptors (Lipinski definition) is 2. The molecule has 2 N–H and O–H groups in total. The first-order chi connectivity index (χ1) is 10.4. The van der Waals surface area contributed by atoms with Crippen molar-refractivity contribution in [3.05, 3.63) is 35.4 Å². The molecule has 1 aromatic carbocycles. The summed E-state index contributed by atoms with van der Waals surface area (Å²) in [5.41, 5.74) is -1.22. The molecule has 1 amide bonds. The molecule has 4 nitrogen and oxygen atoms in total. The van der Waals surface area contributed by atoms with E-state index in [2.05, 4.69) is 5.32 Å². The zero-order valence-corrected chi connectivity index (χ0v) is 12.2. The first-order valence-electron chi connectivity index (χ1n) is 7.41. The minimum absolute atomic E-state index is 0.0491. The van der Waals surface area contributed by atoms with E-state index in [-0.39, 0.29) is 12.0 Å². The van der Waals surface area contributed by atoms with Gasteiger partial charge in [-0.2, -0.15) is 0 Å². The fraction of sp³-hybridized carbons (Fsp3) is 0.500. The third-order valence-electron chi connectivity index (χ3n) is 4.11. The van der Waals surface area contributed by atoms with Gasteiger partial charge < -0.3 is 10.4 Å². The molecule has 120 valence electrons. The van der Waals surface area contributed by atoms with E-state index in [0.717, 1.165) is 31.7 Å². The predicted octanol–water partition coefficient (Wildman–Crippen LogP) is 2.80. The van der Waals surface area contributed by atoms with Crippen molar-refractivity contribution in [2.75, 3.05) is 0 Å². The number of carboxylic acids is 1. The van der Waals surface area contributed by atoms with Gasteiger partial charge in [0, 0.05) is 6.07 Å². The first-order valence-corrected chi connectivity index (χ1v) is 7.41. The van der Waals surface area contributed by atoms with Gasteiger partial charge in [-0.15, -0.1) is 0 Å². The van der Waals surface area contributed by atoms with E-state index in [9.17, 15) is 23.5 Å². The maximum atomic E-state index is 13.6. The molecule has 0 aromatic heterocycles. The molecule has 1 saturated carbocycles. The monoisotopic (exact) mass is 311 g/mol. The number of aliphatic carboxylic acids is 1. The molecule has 1 aromatic rings. The molecule has 1 fully saturated rings. The van der Waals surface area contributed by atoms with Crippen LogP contribution in [-0.2, 0) is 16.0 Å². The lowest BCUT2D eigenvalue weighted by molar-refractivity contribution is -0.148. The minimum atomic E-state index is -1.27. The summed E-state index contributed by atoms with van der Waals surface area (Å²) in [6.07, 6.45) is 3.80. The van der Waals surface area contributed by atoms with E-state index < -0.39 is 29.0 Å². The number of nitrogens with one attached hydrogen (secondary N) is 1. The molecule has 0 saturated heterocycles. The van der Waals surface area contributed by atoms with Crippen LogP contribution >= 0.6 is 0 Å². The van der Waals surface area contributed by atoms with Crippen LogP contribution in [0.25, 0.3) is 0 Å². The van der Waals surface area contributed by atoms with Crippen molar-refractivity contribution in [3.63, 3.8) is 0 Å². The zero-order chi connectivity index (χ0) is 16.2. The average molecular weight is 311 g/mol. The minimum Gasteiger partial charge on any atom is -0.480 e. The Kier molecular flexibility index (Phi) is 5.11. The van der Waals surface area contributed by atoms with E-state index in [1.165, 1.54) is 6.07 Å². The van der Waals surface area contributed by atoms with Crippen LogP contribution < -0.4 is 5.32 Å². The van der Waals surface area contributed by atoms with Crippen LogP contribution in [0.4, 0.5) is 8.78 Å². The summed E-state index contributed by atoms with van der Waals surface area (Å²) in [7, 11) is 0. The molecule has 0 atom stereocenters. The molecular formula is C16H19F2NO3. The van der Waals surface area contributed by atoms with Gasteiger partial charge in [0.2, 0.25) is 5.91 Å². The van der Waals surface area contributed by atoms with Crippen molar-refractivity contribution in [2.45, 2.75) is 50.5 Å². The summed E-state index contributed by atoms with van der Waals surface area (Å²) in [6.45, 7) is 0. The third kappa shape index (κ3) is 3.81. The molecule has 22 heavy (non-hydrogen) atoms. The van der Waals surface area contributed by atoms with Crippen LogP contribution in [0, 0.1) is 11.6 Å². The molecule has 0 aliphatic heterocycles. The summed E-state index contributed by atoms with van der Waals surface area (Å²) in [4.78, 5) is 23.7. The highest BCUT2D eigenvalue weighted by Gasteiger charge is 2.39. The van der Waals surface area contributed by atoms with Gasteiger partial charge in [-0.3, -0.25) is 4.79 Å². The number of carbonyl (C=O) groups excluding carboxylic acids is 1. The number of benzene rings is 1. The van der Waals surface area contributed by atoms with E-state index >= 15 is 0 Å². The lowest BCUT2D eigenvalue weighted by Gasteiger charge is -2.29. The third-order valence-corrected chi connectivity index (χ3v) is 4.11. The summed E-state index contributed by atoms with van der Waals surface area (Å²) in [5.74, 6) is -3.13. The first kappa shape index (κ1) is 16.4. The van der Waals surface area contributed by atoms with Crippen molar-refractivity contribution < 1.29 is 23.5 Å². The Bertz CT molecular complexity index is 567. The van der Waals surface area contributed by atoms with Crippen LogP contribution in [0.5, 0.6) is 0 Å². The van der Waals surface area contributed by atoms with Gasteiger partial charge in [0.25, 0.3) is 0 Å².